The molecule has 1 atom stereocenters. The van der Waals surface area contributed by atoms with Crippen molar-refractivity contribution in [3.63, 3.8) is 0 Å². The molecule has 6 nitrogen and oxygen atoms in total. The van der Waals surface area contributed by atoms with Gasteiger partial charge < -0.3 is 15.7 Å². The van der Waals surface area contributed by atoms with E-state index in [1.807, 2.05) is 6.07 Å². The Balaban J connectivity index is 2.95. The van der Waals surface area contributed by atoms with Gasteiger partial charge in [0.05, 0.1) is 0 Å². The quantitative estimate of drug-likeness (QED) is 0.692. The number of carboxylic acid groups (broad SMARTS) is 1. The average molecular weight is 276 g/mol. The molecule has 0 unspecified atom stereocenters. The molecule has 2 amide bonds. The Bertz CT molecular complexity index is 537. The van der Waals surface area contributed by atoms with E-state index >= 15 is 0 Å². The SMILES string of the molecule is CC(=O)NC(=Cc1ccccc1)C(=O)N[C@@H](C)C(=O)O. The summed E-state index contributed by atoms with van der Waals surface area (Å²) in [6.45, 7) is 2.61. The van der Waals surface area contributed by atoms with Crippen LogP contribution >= 0.6 is 0 Å². The standard InChI is InChI=1S/C14H16N2O4/c1-9(14(19)20)15-13(18)12(16-10(2)17)8-11-6-4-3-5-7-11/h3-9H,1-2H3,(H,15,18)(H,16,17)(H,19,20)/t9-/m0/s1. The zero-order valence-corrected chi connectivity index (χ0v) is 11.2. The Labute approximate surface area is 116 Å². The first-order valence-corrected chi connectivity index (χ1v) is 5.98. The topological polar surface area (TPSA) is 95.5 Å². The molecule has 20 heavy (non-hydrogen) atoms. The highest BCUT2D eigenvalue weighted by atomic mass is 16.4. The van der Waals surface area contributed by atoms with E-state index in [-0.39, 0.29) is 5.70 Å². The Kier molecular flexibility index (Phi) is 5.46. The van der Waals surface area contributed by atoms with Crippen molar-refractivity contribution < 1.29 is 19.5 Å². The Hall–Kier alpha value is -2.63. The summed E-state index contributed by atoms with van der Waals surface area (Å²) in [5, 5.41) is 13.4. The number of benzene rings is 1. The number of hydrogen-bond acceptors (Lipinski definition) is 3. The molecule has 0 aromatic heterocycles. The molecule has 3 N–H and O–H groups in total. The van der Waals surface area contributed by atoms with Crippen molar-refractivity contribution in [2.24, 2.45) is 0 Å². The third-order valence-corrected chi connectivity index (χ3v) is 2.38. The lowest BCUT2D eigenvalue weighted by atomic mass is 10.2. The molecule has 0 saturated carbocycles. The highest BCUT2D eigenvalue weighted by molar-refractivity contribution is 6.02. The minimum Gasteiger partial charge on any atom is -0.480 e. The van der Waals surface area contributed by atoms with Crippen LogP contribution in [0.2, 0.25) is 0 Å². The number of nitrogens with one attached hydrogen (secondary N) is 2. The molecule has 0 fully saturated rings. The highest BCUT2D eigenvalue weighted by Gasteiger charge is 2.17. The minimum atomic E-state index is -1.15. The van der Waals surface area contributed by atoms with Gasteiger partial charge in [0.25, 0.3) is 5.91 Å². The Morgan fingerprint density at radius 1 is 1.20 bits per heavy atom. The van der Waals surface area contributed by atoms with E-state index in [2.05, 4.69) is 10.6 Å². The van der Waals surface area contributed by atoms with E-state index in [9.17, 15) is 14.4 Å². The third kappa shape index (κ3) is 4.93. The Morgan fingerprint density at radius 2 is 1.80 bits per heavy atom. The van der Waals surface area contributed by atoms with Gasteiger partial charge in [-0.25, -0.2) is 0 Å². The number of amides is 2. The van der Waals surface area contributed by atoms with E-state index in [4.69, 9.17) is 5.11 Å². The number of carbonyl (C=O) groups is 3. The maximum atomic E-state index is 11.9. The van der Waals surface area contributed by atoms with Crippen LogP contribution in [0.4, 0.5) is 0 Å². The summed E-state index contributed by atoms with van der Waals surface area (Å²) in [5.74, 6) is -2.22. The highest BCUT2D eigenvalue weighted by Crippen LogP contribution is 2.05. The van der Waals surface area contributed by atoms with E-state index in [1.54, 1.807) is 24.3 Å². The molecule has 0 radical (unpaired) electrons. The van der Waals surface area contributed by atoms with Crippen LogP contribution in [0, 0.1) is 0 Å². The molecule has 0 bridgehead atoms. The van der Waals surface area contributed by atoms with Crippen molar-refractivity contribution in [3.05, 3.63) is 41.6 Å². The lowest BCUT2D eigenvalue weighted by Gasteiger charge is -2.12. The number of carboxylic acids is 1. The minimum absolute atomic E-state index is 0.00296. The van der Waals surface area contributed by atoms with Gasteiger partial charge in [0.15, 0.2) is 0 Å². The molecule has 0 aliphatic carbocycles. The van der Waals surface area contributed by atoms with Gasteiger partial charge in [-0.05, 0) is 18.6 Å². The molecule has 0 spiro atoms. The molecule has 1 aromatic carbocycles. The van der Waals surface area contributed by atoms with Crippen LogP contribution in [0.15, 0.2) is 36.0 Å². The van der Waals surface area contributed by atoms with Crippen molar-refractivity contribution in [1.29, 1.82) is 0 Å². The van der Waals surface area contributed by atoms with Crippen LogP contribution in [-0.4, -0.2) is 28.9 Å². The fourth-order valence-electron chi connectivity index (χ4n) is 1.40. The average Bonchev–Trinajstić information content (AvgIpc) is 2.38. The lowest BCUT2D eigenvalue weighted by Crippen LogP contribution is -2.42. The van der Waals surface area contributed by atoms with E-state index in [0.29, 0.717) is 0 Å². The van der Waals surface area contributed by atoms with Crippen molar-refractivity contribution in [1.82, 2.24) is 10.6 Å². The first-order valence-electron chi connectivity index (χ1n) is 5.98. The molecule has 106 valence electrons. The first-order chi connectivity index (χ1) is 9.40. The Morgan fingerprint density at radius 3 is 2.30 bits per heavy atom. The molecule has 0 aliphatic rings. The van der Waals surface area contributed by atoms with Gasteiger partial charge in [-0.1, -0.05) is 30.3 Å². The molecule has 1 aromatic rings. The normalized spacial score (nSPS) is 12.4. The second kappa shape index (κ2) is 7.08. The predicted molar refractivity (Wildman–Crippen MR) is 73.5 cm³/mol. The van der Waals surface area contributed by atoms with Crippen molar-refractivity contribution in [2.75, 3.05) is 0 Å². The fraction of sp³-hybridized carbons (Fsp3) is 0.214. The van der Waals surface area contributed by atoms with Gasteiger partial charge >= 0.3 is 5.97 Å². The largest absolute Gasteiger partial charge is 0.480 e. The fourth-order valence-corrected chi connectivity index (χ4v) is 1.40. The van der Waals surface area contributed by atoms with Crippen LogP contribution in [0.25, 0.3) is 6.08 Å². The molecule has 0 saturated heterocycles. The predicted octanol–water partition coefficient (Wildman–Crippen LogP) is 0.753. The summed E-state index contributed by atoms with van der Waals surface area (Å²) in [7, 11) is 0. The molecule has 0 heterocycles. The van der Waals surface area contributed by atoms with Crippen LogP contribution in [-0.2, 0) is 14.4 Å². The summed E-state index contributed by atoms with van der Waals surface area (Å²) >= 11 is 0. The molecule has 0 aliphatic heterocycles. The molecule has 1 rings (SSSR count). The second-order valence-electron chi connectivity index (χ2n) is 4.18. The summed E-state index contributed by atoms with van der Waals surface area (Å²) in [6, 6.07) is 7.87. The zero-order valence-electron chi connectivity index (χ0n) is 11.2. The van der Waals surface area contributed by atoms with E-state index in [1.165, 1.54) is 19.9 Å². The molecule has 6 heteroatoms. The summed E-state index contributed by atoms with van der Waals surface area (Å²) in [5.41, 5.74) is 0.714. The van der Waals surface area contributed by atoms with Crippen LogP contribution in [0.5, 0.6) is 0 Å². The number of aliphatic carboxylic acids is 1. The third-order valence-electron chi connectivity index (χ3n) is 2.38. The maximum absolute atomic E-state index is 11.9. The first kappa shape index (κ1) is 15.4. The van der Waals surface area contributed by atoms with Crippen molar-refractivity contribution in [3.8, 4) is 0 Å². The number of hydrogen-bond donors (Lipinski definition) is 3. The number of carbonyl (C=O) groups excluding carboxylic acids is 2. The molecular weight excluding hydrogens is 260 g/mol. The van der Waals surface area contributed by atoms with Gasteiger partial charge in [-0.2, -0.15) is 0 Å². The van der Waals surface area contributed by atoms with Gasteiger partial charge in [-0.3, -0.25) is 14.4 Å². The second-order valence-corrected chi connectivity index (χ2v) is 4.18. The van der Waals surface area contributed by atoms with E-state index < -0.39 is 23.8 Å². The summed E-state index contributed by atoms with van der Waals surface area (Å²) in [4.78, 5) is 33.8. The summed E-state index contributed by atoms with van der Waals surface area (Å²) in [6.07, 6.45) is 1.48. The van der Waals surface area contributed by atoms with Gasteiger partial charge in [0, 0.05) is 6.92 Å². The van der Waals surface area contributed by atoms with E-state index in [0.717, 1.165) is 5.56 Å². The van der Waals surface area contributed by atoms with Gasteiger partial charge in [0.2, 0.25) is 5.91 Å². The van der Waals surface area contributed by atoms with Crippen molar-refractivity contribution in [2.45, 2.75) is 19.9 Å². The maximum Gasteiger partial charge on any atom is 0.325 e. The van der Waals surface area contributed by atoms with Crippen LogP contribution < -0.4 is 10.6 Å². The monoisotopic (exact) mass is 276 g/mol. The van der Waals surface area contributed by atoms with Gasteiger partial charge in [-0.15, -0.1) is 0 Å². The van der Waals surface area contributed by atoms with Crippen molar-refractivity contribution >= 4 is 23.9 Å². The van der Waals surface area contributed by atoms with Crippen LogP contribution in [0.3, 0.4) is 0 Å². The summed E-state index contributed by atoms with van der Waals surface area (Å²) < 4.78 is 0. The lowest BCUT2D eigenvalue weighted by molar-refractivity contribution is -0.140. The van der Waals surface area contributed by atoms with Crippen LogP contribution in [0.1, 0.15) is 19.4 Å². The number of rotatable bonds is 5. The zero-order chi connectivity index (χ0) is 15.1. The molecular formula is C14H16N2O4. The smallest absolute Gasteiger partial charge is 0.325 e. The van der Waals surface area contributed by atoms with Gasteiger partial charge in [0.1, 0.15) is 11.7 Å².